The van der Waals surface area contributed by atoms with Crippen molar-refractivity contribution in [1.82, 2.24) is 0 Å². The van der Waals surface area contributed by atoms with Crippen molar-refractivity contribution in [2.45, 2.75) is 0 Å². The summed E-state index contributed by atoms with van der Waals surface area (Å²) in [5.74, 6) is -2.88. The van der Waals surface area contributed by atoms with Crippen LogP contribution in [0.1, 0.15) is 0 Å². The van der Waals surface area contributed by atoms with Crippen LogP contribution in [0.4, 0.5) is 0 Å². The maximum atomic E-state index is 10.9. The van der Waals surface area contributed by atoms with E-state index < -0.39 is 23.5 Å². The van der Waals surface area contributed by atoms with Crippen molar-refractivity contribution in [2.75, 3.05) is 21.3 Å². The number of carbonyl (C=O) groups is 2. The molecular weight excluding hydrogens is 180 g/mol. The van der Waals surface area contributed by atoms with Crippen molar-refractivity contribution >= 4 is 11.9 Å². The normalized spacial score (nSPS) is 8.54. The third-order valence-corrected chi connectivity index (χ3v) is 1.19. The SMILES string of the molecule is COC(=O)C(C(=O)OC)=C(O)OC. The van der Waals surface area contributed by atoms with Crippen molar-refractivity contribution in [3.05, 3.63) is 11.5 Å². The lowest BCUT2D eigenvalue weighted by Crippen LogP contribution is -2.18. The second-order valence-electron chi connectivity index (χ2n) is 1.87. The second kappa shape index (κ2) is 5.02. The Morgan fingerprint density at radius 2 is 1.31 bits per heavy atom. The van der Waals surface area contributed by atoms with Crippen LogP contribution in [-0.2, 0) is 23.8 Å². The van der Waals surface area contributed by atoms with Crippen molar-refractivity contribution in [2.24, 2.45) is 0 Å². The highest BCUT2D eigenvalue weighted by molar-refractivity contribution is 6.14. The van der Waals surface area contributed by atoms with E-state index in [0.717, 1.165) is 21.3 Å². The average molecular weight is 190 g/mol. The molecule has 0 radical (unpaired) electrons. The van der Waals surface area contributed by atoms with Crippen LogP contribution >= 0.6 is 0 Å². The van der Waals surface area contributed by atoms with Crippen molar-refractivity contribution in [3.8, 4) is 0 Å². The third-order valence-electron chi connectivity index (χ3n) is 1.19. The molecule has 0 rings (SSSR count). The molecule has 0 bridgehead atoms. The smallest absolute Gasteiger partial charge is 0.352 e. The zero-order chi connectivity index (χ0) is 10.4. The Morgan fingerprint density at radius 3 is 1.54 bits per heavy atom. The molecule has 0 heterocycles. The summed E-state index contributed by atoms with van der Waals surface area (Å²) in [7, 11) is 3.23. The molecular formula is C7H10O6. The standard InChI is InChI=1S/C7H10O6/c1-11-5(8)4(6(9)12-2)7(10)13-3/h8H,1-3H3. The van der Waals surface area contributed by atoms with Gasteiger partial charge in [-0.2, -0.15) is 0 Å². The largest absolute Gasteiger partial charge is 0.480 e. The average Bonchev–Trinajstić information content (AvgIpc) is 2.16. The van der Waals surface area contributed by atoms with E-state index in [1.165, 1.54) is 0 Å². The van der Waals surface area contributed by atoms with Gasteiger partial charge in [-0.3, -0.25) is 0 Å². The van der Waals surface area contributed by atoms with Crippen LogP contribution in [0, 0.1) is 0 Å². The first-order valence-electron chi connectivity index (χ1n) is 3.22. The highest BCUT2D eigenvalue weighted by Gasteiger charge is 2.26. The van der Waals surface area contributed by atoms with Crippen molar-refractivity contribution in [3.63, 3.8) is 0 Å². The molecule has 0 amide bonds. The Morgan fingerprint density at radius 1 is 0.923 bits per heavy atom. The predicted octanol–water partition coefficient (Wildman–Crippen LogP) is -0.252. The number of carbonyl (C=O) groups excluding carboxylic acids is 2. The number of methoxy groups -OCH3 is 3. The number of aliphatic hydroxyl groups excluding tert-OH is 1. The first-order valence-corrected chi connectivity index (χ1v) is 3.22. The minimum atomic E-state index is -1.02. The highest BCUT2D eigenvalue weighted by Crippen LogP contribution is 2.06. The first-order chi connectivity index (χ1) is 6.08. The van der Waals surface area contributed by atoms with Gasteiger partial charge in [-0.1, -0.05) is 0 Å². The van der Waals surface area contributed by atoms with E-state index in [1.54, 1.807) is 0 Å². The van der Waals surface area contributed by atoms with E-state index in [-0.39, 0.29) is 0 Å². The number of esters is 2. The molecule has 0 aromatic rings. The molecule has 0 aliphatic heterocycles. The number of aliphatic hydroxyl groups is 1. The van der Waals surface area contributed by atoms with Gasteiger partial charge in [0.2, 0.25) is 5.57 Å². The van der Waals surface area contributed by atoms with E-state index >= 15 is 0 Å². The second-order valence-corrected chi connectivity index (χ2v) is 1.87. The van der Waals surface area contributed by atoms with Crippen LogP contribution in [0.25, 0.3) is 0 Å². The Hall–Kier alpha value is -1.72. The lowest BCUT2D eigenvalue weighted by atomic mass is 10.3. The molecule has 0 fully saturated rings. The molecule has 0 unspecified atom stereocenters. The summed E-state index contributed by atoms with van der Waals surface area (Å²) in [5, 5.41) is 8.98. The van der Waals surface area contributed by atoms with E-state index in [1.807, 2.05) is 0 Å². The maximum Gasteiger partial charge on any atom is 0.352 e. The van der Waals surface area contributed by atoms with E-state index in [9.17, 15) is 9.59 Å². The fourth-order valence-electron chi connectivity index (χ4n) is 0.564. The molecule has 6 nitrogen and oxygen atoms in total. The van der Waals surface area contributed by atoms with Gasteiger partial charge < -0.3 is 19.3 Å². The van der Waals surface area contributed by atoms with Gasteiger partial charge in [-0.15, -0.1) is 0 Å². The molecule has 1 N–H and O–H groups in total. The number of rotatable bonds is 3. The monoisotopic (exact) mass is 190 g/mol. The van der Waals surface area contributed by atoms with Gasteiger partial charge in [0.15, 0.2) is 0 Å². The lowest BCUT2D eigenvalue weighted by molar-refractivity contribution is -0.145. The molecule has 0 saturated heterocycles. The molecule has 0 aliphatic carbocycles. The summed E-state index contributed by atoms with van der Waals surface area (Å²) >= 11 is 0. The molecule has 0 aromatic heterocycles. The molecule has 0 spiro atoms. The van der Waals surface area contributed by atoms with E-state index in [4.69, 9.17) is 5.11 Å². The van der Waals surface area contributed by atoms with Crippen LogP contribution in [0.3, 0.4) is 0 Å². The summed E-state index contributed by atoms with van der Waals surface area (Å²) in [5.41, 5.74) is -0.674. The quantitative estimate of drug-likeness (QED) is 0.217. The van der Waals surface area contributed by atoms with E-state index in [0.29, 0.717) is 0 Å². The highest BCUT2D eigenvalue weighted by atomic mass is 16.6. The van der Waals surface area contributed by atoms with Gasteiger partial charge in [-0.05, 0) is 0 Å². The Kier molecular flexibility index (Phi) is 4.36. The van der Waals surface area contributed by atoms with Gasteiger partial charge in [0.1, 0.15) is 0 Å². The van der Waals surface area contributed by atoms with Gasteiger partial charge in [0, 0.05) is 0 Å². The first kappa shape index (κ1) is 11.3. The minimum Gasteiger partial charge on any atom is -0.480 e. The molecule has 6 heteroatoms. The predicted molar refractivity (Wildman–Crippen MR) is 40.7 cm³/mol. The van der Waals surface area contributed by atoms with Crippen LogP contribution in [0.2, 0.25) is 0 Å². The molecule has 13 heavy (non-hydrogen) atoms. The van der Waals surface area contributed by atoms with Gasteiger partial charge >= 0.3 is 11.9 Å². The number of ether oxygens (including phenoxy) is 3. The van der Waals surface area contributed by atoms with Gasteiger partial charge in [0.25, 0.3) is 5.95 Å². The molecule has 0 saturated carbocycles. The maximum absolute atomic E-state index is 10.9. The van der Waals surface area contributed by atoms with Crippen LogP contribution < -0.4 is 0 Å². The summed E-state index contributed by atoms with van der Waals surface area (Å²) in [6, 6.07) is 0. The fraction of sp³-hybridized carbons (Fsp3) is 0.429. The topological polar surface area (TPSA) is 82.1 Å². The summed E-state index contributed by atoms with van der Waals surface area (Å²) < 4.78 is 12.7. The van der Waals surface area contributed by atoms with Crippen LogP contribution in [0.15, 0.2) is 11.5 Å². The molecule has 74 valence electrons. The zero-order valence-corrected chi connectivity index (χ0v) is 7.49. The summed E-state index contributed by atoms with van der Waals surface area (Å²) in [6.45, 7) is 0. The zero-order valence-electron chi connectivity index (χ0n) is 7.49. The Bertz CT molecular complexity index is 223. The summed E-state index contributed by atoms with van der Waals surface area (Å²) in [6.07, 6.45) is 0. The Labute approximate surface area is 74.7 Å². The van der Waals surface area contributed by atoms with Crippen LogP contribution in [0.5, 0.6) is 0 Å². The summed E-state index contributed by atoms with van der Waals surface area (Å²) in [4.78, 5) is 21.8. The van der Waals surface area contributed by atoms with E-state index in [2.05, 4.69) is 14.2 Å². The fourth-order valence-corrected chi connectivity index (χ4v) is 0.564. The van der Waals surface area contributed by atoms with Crippen LogP contribution in [-0.4, -0.2) is 38.4 Å². The molecule has 0 aromatic carbocycles. The van der Waals surface area contributed by atoms with Crippen molar-refractivity contribution < 1.29 is 28.9 Å². The van der Waals surface area contributed by atoms with Gasteiger partial charge in [0.05, 0.1) is 21.3 Å². The molecule has 0 aliphatic rings. The number of hydrogen-bond acceptors (Lipinski definition) is 6. The number of hydrogen-bond donors (Lipinski definition) is 1. The minimum absolute atomic E-state index is 0.674. The lowest BCUT2D eigenvalue weighted by Gasteiger charge is -2.04. The van der Waals surface area contributed by atoms with Gasteiger partial charge in [-0.25, -0.2) is 9.59 Å². The Balaban J connectivity index is 4.97. The van der Waals surface area contributed by atoms with Crippen molar-refractivity contribution in [1.29, 1.82) is 0 Å². The molecule has 0 atom stereocenters. The third kappa shape index (κ3) is 2.66.